The molecule has 1 aliphatic heterocycles. The van der Waals surface area contributed by atoms with Gasteiger partial charge in [0.15, 0.2) is 0 Å². The molecule has 2 aromatic heterocycles. The van der Waals surface area contributed by atoms with Crippen LogP contribution in [0.25, 0.3) is 11.5 Å². The molecule has 3 atom stereocenters. The molecule has 9 nitrogen and oxygen atoms in total. The van der Waals surface area contributed by atoms with E-state index in [0.717, 1.165) is 41.2 Å². The Bertz CT molecular complexity index is 1920. The zero-order valence-corrected chi connectivity index (χ0v) is 28.0. The fourth-order valence-corrected chi connectivity index (χ4v) is 7.04. The first-order valence-electron chi connectivity index (χ1n) is 16.2. The van der Waals surface area contributed by atoms with Crippen molar-refractivity contribution >= 4 is 23.2 Å². The number of benzene rings is 3. The van der Waals surface area contributed by atoms with Gasteiger partial charge in [0.05, 0.1) is 29.9 Å². The van der Waals surface area contributed by atoms with Crippen LogP contribution < -0.4 is 10.6 Å². The van der Waals surface area contributed by atoms with Gasteiger partial charge in [-0.15, -0.1) is 11.3 Å². The average molecular weight is 704 g/mol. The van der Waals surface area contributed by atoms with Gasteiger partial charge in [0.2, 0.25) is 5.89 Å². The molecule has 3 heterocycles. The van der Waals surface area contributed by atoms with Gasteiger partial charge in [-0.2, -0.15) is 13.2 Å². The predicted octanol–water partition coefficient (Wildman–Crippen LogP) is 6.59. The minimum absolute atomic E-state index is 0.0132. The third kappa shape index (κ3) is 8.47. The summed E-state index contributed by atoms with van der Waals surface area (Å²) in [6, 6.07) is 18.1. The van der Waals surface area contributed by atoms with Gasteiger partial charge in [-0.05, 0) is 61.6 Å². The fraction of sp³-hybridized carbons (Fsp3) is 0.297. The van der Waals surface area contributed by atoms with Crippen LogP contribution in [0.2, 0.25) is 0 Å². The number of hydrogen-bond acceptors (Lipinski definition) is 8. The number of carbonyl (C=O) groups is 2. The molecule has 260 valence electrons. The van der Waals surface area contributed by atoms with Gasteiger partial charge in [-0.1, -0.05) is 48.5 Å². The van der Waals surface area contributed by atoms with Crippen molar-refractivity contribution in [2.24, 2.45) is 0 Å². The molecular formula is C37H36F3N5O4S. The molecule has 0 bridgehead atoms. The monoisotopic (exact) mass is 703 g/mol. The summed E-state index contributed by atoms with van der Waals surface area (Å²) in [4.78, 5) is 38.6. The van der Waals surface area contributed by atoms with Crippen LogP contribution in [0.4, 0.5) is 13.2 Å². The summed E-state index contributed by atoms with van der Waals surface area (Å²) < 4.78 is 45.1. The SMILES string of the molecule is Cc1csc(C2CCCN2C(=O)c2cc(C(=O)NC(Cc3ccccc3)C(O)CNCc3cccc(C(F)(F)F)c3)cc(-c3ncco3)c2)n1. The van der Waals surface area contributed by atoms with E-state index < -0.39 is 29.8 Å². The van der Waals surface area contributed by atoms with Gasteiger partial charge in [0, 0.05) is 47.4 Å². The summed E-state index contributed by atoms with van der Waals surface area (Å²) in [5, 5.41) is 20.1. The van der Waals surface area contributed by atoms with Crippen LogP contribution in [0.15, 0.2) is 95.1 Å². The summed E-state index contributed by atoms with van der Waals surface area (Å²) in [5.74, 6) is -0.539. The summed E-state index contributed by atoms with van der Waals surface area (Å²) in [6.45, 7) is 2.53. The number of aromatic nitrogens is 2. The first-order valence-corrected chi connectivity index (χ1v) is 17.1. The summed E-state index contributed by atoms with van der Waals surface area (Å²) >= 11 is 1.52. The molecule has 1 fully saturated rings. The average Bonchev–Trinajstić information content (AvgIpc) is 3.90. The zero-order valence-electron chi connectivity index (χ0n) is 27.2. The first-order chi connectivity index (χ1) is 24.0. The van der Waals surface area contributed by atoms with Crippen molar-refractivity contribution in [3.8, 4) is 11.5 Å². The zero-order chi connectivity index (χ0) is 35.3. The van der Waals surface area contributed by atoms with Gasteiger partial charge in [-0.3, -0.25) is 9.59 Å². The number of oxazole rings is 1. The molecule has 13 heteroatoms. The van der Waals surface area contributed by atoms with E-state index in [1.54, 1.807) is 23.1 Å². The lowest BCUT2D eigenvalue weighted by Crippen LogP contribution is -2.48. The molecule has 3 aromatic carbocycles. The number of rotatable bonds is 12. The molecule has 0 aliphatic carbocycles. The maximum atomic E-state index is 14.0. The number of thiazole rings is 1. The third-order valence-corrected chi connectivity index (χ3v) is 9.64. The molecule has 3 unspecified atom stereocenters. The Balaban J connectivity index is 1.23. The number of halogens is 3. The highest BCUT2D eigenvalue weighted by molar-refractivity contribution is 7.09. The van der Waals surface area contributed by atoms with Gasteiger partial charge < -0.3 is 25.1 Å². The predicted molar refractivity (Wildman–Crippen MR) is 182 cm³/mol. The van der Waals surface area contributed by atoms with Gasteiger partial charge >= 0.3 is 6.18 Å². The van der Waals surface area contributed by atoms with Crippen LogP contribution in [0.5, 0.6) is 0 Å². The molecule has 0 spiro atoms. The summed E-state index contributed by atoms with van der Waals surface area (Å²) in [7, 11) is 0. The van der Waals surface area contributed by atoms with Gasteiger partial charge in [0.1, 0.15) is 11.3 Å². The molecule has 0 saturated carbocycles. The second-order valence-corrected chi connectivity index (χ2v) is 13.2. The second kappa shape index (κ2) is 15.4. The number of amides is 2. The number of alkyl halides is 3. The molecule has 2 amide bonds. The van der Waals surface area contributed by atoms with Crippen LogP contribution in [0, 0.1) is 6.92 Å². The quantitative estimate of drug-likeness (QED) is 0.134. The standard InChI is InChI=1S/C37H36F3N5O4S/c1-23-22-50-35(43-23)31-11-6-13-45(31)36(48)28-18-26(17-27(19-28)34-42-12-14-49-34)33(47)44-30(16-24-7-3-2-4-8-24)32(46)21-41-20-25-9-5-10-29(15-25)37(38,39)40/h2-5,7-10,12,14-15,17-19,22,30-32,41,46H,6,11,13,16,20-21H2,1H3,(H,44,47). The number of hydrogen-bond donors (Lipinski definition) is 3. The molecule has 1 saturated heterocycles. The number of nitrogens with one attached hydrogen (secondary N) is 2. The van der Waals surface area contributed by atoms with Crippen LogP contribution >= 0.6 is 11.3 Å². The van der Waals surface area contributed by atoms with Crippen molar-refractivity contribution in [3.05, 3.63) is 129 Å². The van der Waals surface area contributed by atoms with Crippen LogP contribution in [-0.4, -0.2) is 57.0 Å². The highest BCUT2D eigenvalue weighted by Crippen LogP contribution is 2.35. The first kappa shape index (κ1) is 35.0. The van der Waals surface area contributed by atoms with E-state index >= 15 is 0 Å². The van der Waals surface area contributed by atoms with E-state index in [1.807, 2.05) is 42.6 Å². The summed E-state index contributed by atoms with van der Waals surface area (Å²) in [6.07, 6.45) is -0.825. The van der Waals surface area contributed by atoms with Crippen molar-refractivity contribution in [2.75, 3.05) is 13.1 Å². The Morgan fingerprint density at radius 1 is 1.06 bits per heavy atom. The lowest BCUT2D eigenvalue weighted by molar-refractivity contribution is -0.137. The van der Waals surface area contributed by atoms with E-state index in [-0.39, 0.29) is 48.5 Å². The van der Waals surface area contributed by atoms with Gasteiger partial charge in [0.25, 0.3) is 11.8 Å². The normalized spacial score (nSPS) is 15.9. The largest absolute Gasteiger partial charge is 0.445 e. The van der Waals surface area contributed by atoms with E-state index in [2.05, 4.69) is 20.6 Å². The Morgan fingerprint density at radius 3 is 2.56 bits per heavy atom. The number of aryl methyl sites for hydroxylation is 1. The number of carbonyl (C=O) groups excluding carboxylic acids is 2. The minimum Gasteiger partial charge on any atom is -0.445 e. The van der Waals surface area contributed by atoms with Crippen molar-refractivity contribution in [1.82, 2.24) is 25.5 Å². The number of nitrogens with zero attached hydrogens (tertiary/aromatic N) is 3. The molecule has 3 N–H and O–H groups in total. The Morgan fingerprint density at radius 2 is 1.84 bits per heavy atom. The maximum Gasteiger partial charge on any atom is 0.416 e. The lowest BCUT2D eigenvalue weighted by Gasteiger charge is -2.26. The molecule has 50 heavy (non-hydrogen) atoms. The topological polar surface area (TPSA) is 121 Å². The van der Waals surface area contributed by atoms with Crippen molar-refractivity contribution in [2.45, 2.75) is 57.1 Å². The Labute approximate surface area is 291 Å². The van der Waals surface area contributed by atoms with E-state index in [1.165, 1.54) is 35.9 Å². The maximum absolute atomic E-state index is 14.0. The molecule has 1 aliphatic rings. The number of aliphatic hydroxyl groups excluding tert-OH is 1. The Hall–Kier alpha value is -4.85. The Kier molecular flexibility index (Phi) is 10.8. The molecule has 5 aromatic rings. The van der Waals surface area contributed by atoms with E-state index in [4.69, 9.17) is 4.42 Å². The molecular weight excluding hydrogens is 667 g/mol. The van der Waals surface area contributed by atoms with Crippen LogP contribution in [-0.2, 0) is 19.1 Å². The lowest BCUT2D eigenvalue weighted by atomic mass is 9.99. The van der Waals surface area contributed by atoms with Crippen molar-refractivity contribution < 1.29 is 32.3 Å². The summed E-state index contributed by atoms with van der Waals surface area (Å²) in [5.41, 5.74) is 2.30. The van der Waals surface area contributed by atoms with Crippen LogP contribution in [0.3, 0.4) is 0 Å². The van der Waals surface area contributed by atoms with E-state index in [0.29, 0.717) is 17.7 Å². The highest BCUT2D eigenvalue weighted by Gasteiger charge is 2.34. The molecule has 0 radical (unpaired) electrons. The van der Waals surface area contributed by atoms with Crippen molar-refractivity contribution in [1.29, 1.82) is 0 Å². The second-order valence-electron chi connectivity index (χ2n) is 12.3. The smallest absolute Gasteiger partial charge is 0.416 e. The van der Waals surface area contributed by atoms with E-state index in [9.17, 15) is 27.9 Å². The highest BCUT2D eigenvalue weighted by atomic mass is 32.1. The van der Waals surface area contributed by atoms with Gasteiger partial charge in [-0.25, -0.2) is 9.97 Å². The number of aliphatic hydroxyl groups is 1. The third-order valence-electron chi connectivity index (χ3n) is 8.57. The molecule has 6 rings (SSSR count). The fourth-order valence-electron chi connectivity index (χ4n) is 6.10. The number of likely N-dealkylation sites (tertiary alicyclic amines) is 1. The van der Waals surface area contributed by atoms with Crippen LogP contribution in [0.1, 0.15) is 67.0 Å². The van der Waals surface area contributed by atoms with Crippen molar-refractivity contribution in [3.63, 3.8) is 0 Å². The minimum atomic E-state index is -4.47.